The van der Waals surface area contributed by atoms with Crippen LogP contribution in [0.2, 0.25) is 0 Å². The molecule has 1 aromatic carbocycles. The standard InChI is InChI=1S/C12H12F3NO/c13-12(14,15)10-5-1-8(2-6-10)7-16-11(17)9-3-4-9/h1-2,5-6,9H,3-4,7H2,(H,16,17). The van der Waals surface area contributed by atoms with Crippen molar-refractivity contribution in [1.29, 1.82) is 0 Å². The van der Waals surface area contributed by atoms with Crippen LogP contribution in [0.1, 0.15) is 24.0 Å². The fourth-order valence-electron chi connectivity index (χ4n) is 1.49. The summed E-state index contributed by atoms with van der Waals surface area (Å²) in [6.45, 7) is 0.285. The average molecular weight is 243 g/mol. The van der Waals surface area contributed by atoms with Crippen molar-refractivity contribution in [2.24, 2.45) is 5.92 Å². The van der Waals surface area contributed by atoms with Crippen LogP contribution in [-0.2, 0) is 17.5 Å². The van der Waals surface area contributed by atoms with Crippen molar-refractivity contribution in [1.82, 2.24) is 5.32 Å². The van der Waals surface area contributed by atoms with Crippen LogP contribution in [-0.4, -0.2) is 5.91 Å². The van der Waals surface area contributed by atoms with Gasteiger partial charge in [0.2, 0.25) is 5.91 Å². The van der Waals surface area contributed by atoms with Gasteiger partial charge in [-0.05, 0) is 30.5 Å². The molecular formula is C12H12F3NO. The van der Waals surface area contributed by atoms with Gasteiger partial charge in [-0.25, -0.2) is 0 Å². The van der Waals surface area contributed by atoms with Gasteiger partial charge in [-0.3, -0.25) is 4.79 Å². The molecule has 1 saturated carbocycles. The van der Waals surface area contributed by atoms with Gasteiger partial charge in [-0.2, -0.15) is 13.2 Å². The lowest BCUT2D eigenvalue weighted by atomic mass is 10.1. The van der Waals surface area contributed by atoms with Gasteiger partial charge in [-0.1, -0.05) is 12.1 Å². The zero-order chi connectivity index (χ0) is 12.5. The Balaban J connectivity index is 1.91. The Hall–Kier alpha value is -1.52. The molecule has 1 aliphatic carbocycles. The highest BCUT2D eigenvalue weighted by Gasteiger charge is 2.30. The Morgan fingerprint density at radius 3 is 2.29 bits per heavy atom. The lowest BCUT2D eigenvalue weighted by molar-refractivity contribution is -0.137. The van der Waals surface area contributed by atoms with Crippen molar-refractivity contribution in [2.75, 3.05) is 0 Å². The number of hydrogen-bond donors (Lipinski definition) is 1. The summed E-state index contributed by atoms with van der Waals surface area (Å²) in [5, 5.41) is 2.70. The van der Waals surface area contributed by atoms with Crippen molar-refractivity contribution in [3.63, 3.8) is 0 Å². The SMILES string of the molecule is O=C(NCc1ccc(C(F)(F)F)cc1)C1CC1. The number of benzene rings is 1. The first-order valence-electron chi connectivity index (χ1n) is 5.40. The molecule has 17 heavy (non-hydrogen) atoms. The van der Waals surface area contributed by atoms with Crippen LogP contribution in [0.15, 0.2) is 24.3 Å². The summed E-state index contributed by atoms with van der Waals surface area (Å²) < 4.78 is 36.8. The Morgan fingerprint density at radius 2 is 1.82 bits per heavy atom. The normalized spacial score (nSPS) is 15.7. The lowest BCUT2D eigenvalue weighted by Crippen LogP contribution is -2.24. The van der Waals surface area contributed by atoms with Gasteiger partial charge >= 0.3 is 6.18 Å². The fourth-order valence-corrected chi connectivity index (χ4v) is 1.49. The molecule has 0 aromatic heterocycles. The summed E-state index contributed by atoms with van der Waals surface area (Å²) in [4.78, 5) is 11.3. The molecule has 1 amide bonds. The van der Waals surface area contributed by atoms with Crippen LogP contribution in [0.5, 0.6) is 0 Å². The third kappa shape index (κ3) is 3.22. The molecule has 0 radical (unpaired) electrons. The van der Waals surface area contributed by atoms with E-state index in [2.05, 4.69) is 5.32 Å². The minimum atomic E-state index is -4.31. The summed E-state index contributed by atoms with van der Waals surface area (Å²) in [6.07, 6.45) is -2.48. The summed E-state index contributed by atoms with van der Waals surface area (Å²) in [7, 11) is 0. The summed E-state index contributed by atoms with van der Waals surface area (Å²) >= 11 is 0. The second-order valence-corrected chi connectivity index (χ2v) is 4.19. The molecule has 0 saturated heterocycles. The Bertz CT molecular complexity index is 407. The first-order chi connectivity index (χ1) is 7.97. The molecule has 1 N–H and O–H groups in total. The van der Waals surface area contributed by atoms with Crippen LogP contribution in [0, 0.1) is 5.92 Å². The van der Waals surface area contributed by atoms with E-state index in [0.717, 1.165) is 25.0 Å². The minimum absolute atomic E-state index is 0.00935. The first-order valence-corrected chi connectivity index (χ1v) is 5.40. The monoisotopic (exact) mass is 243 g/mol. The highest BCUT2D eigenvalue weighted by molar-refractivity contribution is 5.80. The highest BCUT2D eigenvalue weighted by atomic mass is 19.4. The molecule has 2 rings (SSSR count). The van der Waals surface area contributed by atoms with Crippen molar-refractivity contribution >= 4 is 5.91 Å². The zero-order valence-corrected chi connectivity index (χ0v) is 9.05. The largest absolute Gasteiger partial charge is 0.416 e. The highest BCUT2D eigenvalue weighted by Crippen LogP contribution is 2.30. The molecule has 0 atom stereocenters. The Kier molecular flexibility index (Phi) is 3.09. The molecule has 1 aliphatic rings. The van der Waals surface area contributed by atoms with Crippen molar-refractivity contribution in [2.45, 2.75) is 25.6 Å². The molecular weight excluding hydrogens is 231 g/mol. The smallest absolute Gasteiger partial charge is 0.352 e. The number of alkyl halides is 3. The number of amides is 1. The third-order valence-electron chi connectivity index (χ3n) is 2.70. The molecule has 0 heterocycles. The van der Waals surface area contributed by atoms with E-state index in [1.165, 1.54) is 12.1 Å². The minimum Gasteiger partial charge on any atom is -0.352 e. The zero-order valence-electron chi connectivity index (χ0n) is 9.05. The maximum atomic E-state index is 12.3. The number of carbonyl (C=O) groups is 1. The van der Waals surface area contributed by atoms with Crippen LogP contribution in [0.4, 0.5) is 13.2 Å². The molecule has 2 nitrogen and oxygen atoms in total. The van der Waals surface area contributed by atoms with Crippen LogP contribution < -0.4 is 5.32 Å². The number of halogens is 3. The number of carbonyl (C=O) groups excluding carboxylic acids is 1. The fraction of sp³-hybridized carbons (Fsp3) is 0.417. The maximum Gasteiger partial charge on any atom is 0.416 e. The second kappa shape index (κ2) is 4.39. The molecule has 0 bridgehead atoms. The quantitative estimate of drug-likeness (QED) is 0.868. The molecule has 5 heteroatoms. The van der Waals surface area contributed by atoms with Gasteiger partial charge in [-0.15, -0.1) is 0 Å². The van der Waals surface area contributed by atoms with Crippen LogP contribution in [0.25, 0.3) is 0 Å². The van der Waals surface area contributed by atoms with E-state index in [0.29, 0.717) is 5.56 Å². The first kappa shape index (κ1) is 12.0. The molecule has 1 fully saturated rings. The topological polar surface area (TPSA) is 29.1 Å². The Morgan fingerprint density at radius 1 is 1.24 bits per heavy atom. The van der Waals surface area contributed by atoms with E-state index in [1.807, 2.05) is 0 Å². The summed E-state index contributed by atoms with van der Waals surface area (Å²) in [5.41, 5.74) is 0.00164. The van der Waals surface area contributed by atoms with E-state index >= 15 is 0 Å². The van der Waals surface area contributed by atoms with E-state index in [9.17, 15) is 18.0 Å². The number of nitrogens with one attached hydrogen (secondary N) is 1. The third-order valence-corrected chi connectivity index (χ3v) is 2.70. The van der Waals surface area contributed by atoms with E-state index in [4.69, 9.17) is 0 Å². The predicted octanol–water partition coefficient (Wildman–Crippen LogP) is 2.73. The van der Waals surface area contributed by atoms with E-state index in [1.54, 1.807) is 0 Å². The van der Waals surface area contributed by atoms with Gasteiger partial charge in [0.05, 0.1) is 5.56 Å². The molecule has 0 unspecified atom stereocenters. The van der Waals surface area contributed by atoms with Gasteiger partial charge < -0.3 is 5.32 Å². The Labute approximate surface area is 96.8 Å². The predicted molar refractivity (Wildman–Crippen MR) is 56.0 cm³/mol. The van der Waals surface area contributed by atoms with Crippen molar-refractivity contribution in [3.8, 4) is 0 Å². The molecule has 0 aliphatic heterocycles. The van der Waals surface area contributed by atoms with E-state index < -0.39 is 11.7 Å². The summed E-state index contributed by atoms with van der Waals surface area (Å²) in [5.74, 6) is 0.106. The molecule has 0 spiro atoms. The van der Waals surface area contributed by atoms with Gasteiger partial charge in [0.1, 0.15) is 0 Å². The van der Waals surface area contributed by atoms with Gasteiger partial charge in [0.15, 0.2) is 0 Å². The van der Waals surface area contributed by atoms with Crippen molar-refractivity contribution < 1.29 is 18.0 Å². The second-order valence-electron chi connectivity index (χ2n) is 4.19. The number of hydrogen-bond acceptors (Lipinski definition) is 1. The van der Waals surface area contributed by atoms with Gasteiger partial charge in [0.25, 0.3) is 0 Å². The number of rotatable bonds is 3. The van der Waals surface area contributed by atoms with Crippen LogP contribution >= 0.6 is 0 Å². The van der Waals surface area contributed by atoms with Gasteiger partial charge in [0, 0.05) is 12.5 Å². The molecule has 1 aromatic rings. The summed E-state index contributed by atoms with van der Waals surface area (Å²) in [6, 6.07) is 4.82. The van der Waals surface area contributed by atoms with Crippen LogP contribution in [0.3, 0.4) is 0 Å². The maximum absolute atomic E-state index is 12.3. The van der Waals surface area contributed by atoms with E-state index in [-0.39, 0.29) is 18.4 Å². The molecule has 92 valence electrons. The lowest BCUT2D eigenvalue weighted by Gasteiger charge is -2.08. The van der Waals surface area contributed by atoms with Crippen molar-refractivity contribution in [3.05, 3.63) is 35.4 Å². The average Bonchev–Trinajstić information content (AvgIpc) is 3.09.